The molecule has 4 nitrogen and oxygen atoms in total. The topological polar surface area (TPSA) is 54.0 Å². The summed E-state index contributed by atoms with van der Waals surface area (Å²) >= 11 is 0. The van der Waals surface area contributed by atoms with Crippen molar-refractivity contribution in [2.75, 3.05) is 10.6 Å². The number of rotatable bonds is 6. The molecule has 0 aliphatic carbocycles. The van der Waals surface area contributed by atoms with Crippen LogP contribution in [0, 0.1) is 0 Å². The molecule has 7 heteroatoms. The number of hydrogen-bond acceptors (Lipinski definition) is 3. The summed E-state index contributed by atoms with van der Waals surface area (Å²) in [6.07, 6.45) is -1.44. The highest BCUT2D eigenvalue weighted by atomic mass is 19.4. The van der Waals surface area contributed by atoms with Crippen LogP contribution in [0.3, 0.4) is 0 Å². The Morgan fingerprint density at radius 3 is 2.29 bits per heavy atom. The molecule has 0 bridgehead atoms. The van der Waals surface area contributed by atoms with Crippen LogP contribution in [0.4, 0.5) is 30.2 Å². The maximum Gasteiger partial charge on any atom is 0.416 e. The number of alkyl halides is 3. The minimum absolute atomic E-state index is 0.294. The first-order valence-corrected chi connectivity index (χ1v) is 11.8. The summed E-state index contributed by atoms with van der Waals surface area (Å²) in [5, 5.41) is 6.77. The van der Waals surface area contributed by atoms with Crippen LogP contribution in [0.5, 0.6) is 0 Å². The highest BCUT2D eigenvalue weighted by Crippen LogP contribution is 2.35. The monoisotopic (exact) mass is 509 g/mol. The van der Waals surface area contributed by atoms with E-state index in [0.29, 0.717) is 17.1 Å². The molecule has 2 N–H and O–H groups in total. The molecule has 0 radical (unpaired) electrons. The SMILES string of the molecule is C=CC(=O)Nc1cccc(-c2cc(-c3ccc(Nc4cccc(C(F)(F)F)c4)cc3)cc3cccnc23)c1. The Kier molecular flexibility index (Phi) is 6.66. The van der Waals surface area contributed by atoms with Gasteiger partial charge in [-0.15, -0.1) is 0 Å². The third-order valence-corrected chi connectivity index (χ3v) is 6.03. The summed E-state index contributed by atoms with van der Waals surface area (Å²) in [5.74, 6) is -0.294. The van der Waals surface area contributed by atoms with Crippen molar-refractivity contribution in [2.45, 2.75) is 6.18 Å². The quantitative estimate of drug-likeness (QED) is 0.226. The molecule has 0 spiro atoms. The smallest absolute Gasteiger partial charge is 0.356 e. The van der Waals surface area contributed by atoms with Gasteiger partial charge in [0, 0.05) is 34.2 Å². The Balaban J connectivity index is 1.48. The van der Waals surface area contributed by atoms with E-state index in [4.69, 9.17) is 0 Å². The molecule has 0 unspecified atom stereocenters. The van der Waals surface area contributed by atoms with E-state index < -0.39 is 11.7 Å². The Morgan fingerprint density at radius 2 is 1.53 bits per heavy atom. The second kappa shape index (κ2) is 10.2. The molecule has 0 fully saturated rings. The Bertz CT molecular complexity index is 1640. The van der Waals surface area contributed by atoms with Crippen LogP contribution < -0.4 is 10.6 Å². The number of amides is 1. The van der Waals surface area contributed by atoms with Crippen LogP contribution in [-0.2, 0) is 11.0 Å². The summed E-state index contributed by atoms with van der Waals surface area (Å²) in [6.45, 7) is 3.49. The number of aromatic nitrogens is 1. The van der Waals surface area contributed by atoms with Crippen molar-refractivity contribution >= 4 is 33.9 Å². The molecule has 1 aromatic heterocycles. The van der Waals surface area contributed by atoms with Gasteiger partial charge in [-0.1, -0.05) is 43.0 Å². The van der Waals surface area contributed by atoms with E-state index in [0.717, 1.165) is 45.3 Å². The van der Waals surface area contributed by atoms with Crippen molar-refractivity contribution < 1.29 is 18.0 Å². The highest BCUT2D eigenvalue weighted by molar-refractivity contribution is 6.01. The van der Waals surface area contributed by atoms with Crippen LogP contribution in [-0.4, -0.2) is 10.9 Å². The predicted octanol–water partition coefficient (Wildman–Crippen LogP) is 8.46. The number of pyridine rings is 1. The van der Waals surface area contributed by atoms with E-state index >= 15 is 0 Å². The lowest BCUT2D eigenvalue weighted by Crippen LogP contribution is -2.07. The molecule has 5 aromatic rings. The molecule has 38 heavy (non-hydrogen) atoms. The Morgan fingerprint density at radius 1 is 0.763 bits per heavy atom. The van der Waals surface area contributed by atoms with E-state index in [1.807, 2.05) is 66.7 Å². The first-order chi connectivity index (χ1) is 18.3. The zero-order valence-corrected chi connectivity index (χ0v) is 20.1. The highest BCUT2D eigenvalue weighted by Gasteiger charge is 2.30. The van der Waals surface area contributed by atoms with E-state index in [-0.39, 0.29) is 5.91 Å². The molecule has 0 saturated carbocycles. The van der Waals surface area contributed by atoms with E-state index in [2.05, 4.69) is 22.2 Å². The lowest BCUT2D eigenvalue weighted by molar-refractivity contribution is -0.137. The fourth-order valence-corrected chi connectivity index (χ4v) is 4.22. The minimum atomic E-state index is -4.40. The molecular formula is C31H22F3N3O. The summed E-state index contributed by atoms with van der Waals surface area (Å²) in [5.41, 5.74) is 5.47. The van der Waals surface area contributed by atoms with Gasteiger partial charge in [-0.2, -0.15) is 13.2 Å². The third kappa shape index (κ3) is 5.42. The van der Waals surface area contributed by atoms with Gasteiger partial charge in [-0.05, 0) is 83.4 Å². The van der Waals surface area contributed by atoms with Crippen molar-refractivity contribution in [1.82, 2.24) is 4.98 Å². The number of benzene rings is 4. The second-order valence-electron chi connectivity index (χ2n) is 8.65. The van der Waals surface area contributed by atoms with Gasteiger partial charge in [0.2, 0.25) is 5.91 Å². The van der Waals surface area contributed by atoms with Gasteiger partial charge in [-0.3, -0.25) is 9.78 Å². The molecule has 0 saturated heterocycles. The van der Waals surface area contributed by atoms with Gasteiger partial charge < -0.3 is 10.6 Å². The first-order valence-electron chi connectivity index (χ1n) is 11.8. The van der Waals surface area contributed by atoms with Gasteiger partial charge in [-0.25, -0.2) is 0 Å². The molecular weight excluding hydrogens is 487 g/mol. The van der Waals surface area contributed by atoms with Gasteiger partial charge >= 0.3 is 6.18 Å². The van der Waals surface area contributed by atoms with E-state index in [1.165, 1.54) is 12.1 Å². The van der Waals surface area contributed by atoms with Gasteiger partial charge in [0.1, 0.15) is 0 Å². The van der Waals surface area contributed by atoms with Crippen LogP contribution >= 0.6 is 0 Å². The van der Waals surface area contributed by atoms with Crippen LogP contribution in [0.15, 0.2) is 116 Å². The van der Waals surface area contributed by atoms with Gasteiger partial charge in [0.15, 0.2) is 0 Å². The van der Waals surface area contributed by atoms with Crippen molar-refractivity contribution in [3.63, 3.8) is 0 Å². The average molecular weight is 510 g/mol. The third-order valence-electron chi connectivity index (χ3n) is 6.03. The molecule has 0 aliphatic rings. The predicted molar refractivity (Wildman–Crippen MR) is 146 cm³/mol. The largest absolute Gasteiger partial charge is 0.416 e. The lowest BCUT2D eigenvalue weighted by Gasteiger charge is -2.13. The molecule has 1 amide bonds. The van der Waals surface area contributed by atoms with Crippen molar-refractivity contribution in [1.29, 1.82) is 0 Å². The first kappa shape index (κ1) is 24.8. The number of fused-ring (bicyclic) bond motifs is 1. The summed E-state index contributed by atoms with van der Waals surface area (Å²) in [4.78, 5) is 16.4. The summed E-state index contributed by atoms with van der Waals surface area (Å²) in [7, 11) is 0. The lowest BCUT2D eigenvalue weighted by atomic mass is 9.95. The van der Waals surface area contributed by atoms with Crippen molar-refractivity contribution in [3.8, 4) is 22.3 Å². The second-order valence-corrected chi connectivity index (χ2v) is 8.65. The summed E-state index contributed by atoms with van der Waals surface area (Å²) in [6, 6.07) is 28.0. The normalized spacial score (nSPS) is 11.2. The van der Waals surface area contributed by atoms with Gasteiger partial charge in [0.25, 0.3) is 0 Å². The van der Waals surface area contributed by atoms with Crippen LogP contribution in [0.1, 0.15) is 5.56 Å². The number of hydrogen-bond donors (Lipinski definition) is 2. The molecule has 0 atom stereocenters. The number of carbonyl (C=O) groups is 1. The molecule has 1 heterocycles. The Hall–Kier alpha value is -4.91. The van der Waals surface area contributed by atoms with Gasteiger partial charge in [0.05, 0.1) is 11.1 Å². The zero-order chi connectivity index (χ0) is 26.7. The standard InChI is InChI=1S/C31H22F3N3O/c1-2-29(38)37-26-9-3-6-21(17-26)28-18-23(16-22-7-5-15-35-30(22)28)20-11-13-25(14-12-20)36-27-10-4-8-24(19-27)31(32,33)34/h2-19,36H,1H2,(H,37,38). The average Bonchev–Trinajstić information content (AvgIpc) is 2.92. The number of halogens is 3. The zero-order valence-electron chi connectivity index (χ0n) is 20.1. The fourth-order valence-electron chi connectivity index (χ4n) is 4.22. The number of nitrogens with zero attached hydrogens (tertiary/aromatic N) is 1. The van der Waals surface area contributed by atoms with Crippen molar-refractivity contribution in [3.05, 3.63) is 121 Å². The fraction of sp³-hybridized carbons (Fsp3) is 0.0323. The Labute approximate surface area is 217 Å². The maximum absolute atomic E-state index is 13.1. The number of nitrogens with one attached hydrogen (secondary N) is 2. The van der Waals surface area contributed by atoms with Crippen LogP contribution in [0.2, 0.25) is 0 Å². The number of carbonyl (C=O) groups excluding carboxylic acids is 1. The molecule has 0 aliphatic heterocycles. The number of anilines is 3. The van der Waals surface area contributed by atoms with E-state index in [1.54, 1.807) is 18.3 Å². The van der Waals surface area contributed by atoms with E-state index in [9.17, 15) is 18.0 Å². The van der Waals surface area contributed by atoms with Crippen molar-refractivity contribution in [2.24, 2.45) is 0 Å². The maximum atomic E-state index is 13.1. The minimum Gasteiger partial charge on any atom is -0.356 e. The summed E-state index contributed by atoms with van der Waals surface area (Å²) < 4.78 is 39.2. The van der Waals surface area contributed by atoms with Crippen LogP contribution in [0.25, 0.3) is 33.2 Å². The molecule has 188 valence electrons. The molecule has 4 aromatic carbocycles. The molecule has 5 rings (SSSR count).